The second kappa shape index (κ2) is 4.09. The summed E-state index contributed by atoms with van der Waals surface area (Å²) in [5.41, 5.74) is 0. The minimum Gasteiger partial charge on any atom is -0.381 e. The molecular weight excluding hydrogens is 212 g/mol. The molecule has 0 aromatic carbocycles. The number of aromatic nitrogens is 2. The van der Waals surface area contributed by atoms with Crippen LogP contribution < -0.4 is 5.32 Å². The van der Waals surface area contributed by atoms with Crippen molar-refractivity contribution in [1.82, 2.24) is 9.55 Å². The van der Waals surface area contributed by atoms with Gasteiger partial charge in [-0.1, -0.05) is 0 Å². The van der Waals surface area contributed by atoms with Crippen molar-refractivity contribution >= 4 is 11.6 Å². The Morgan fingerprint density at radius 3 is 2.94 bits per heavy atom. The first kappa shape index (κ1) is 10.9. The van der Waals surface area contributed by atoms with E-state index in [2.05, 4.69) is 10.3 Å². The molecule has 0 saturated heterocycles. The summed E-state index contributed by atoms with van der Waals surface area (Å²) in [5, 5.41) is 13.8. The number of methoxy groups -OCH3 is 1. The van der Waals surface area contributed by atoms with Crippen LogP contribution >= 0.6 is 0 Å². The normalized spacial score (nSPS) is 23.9. The average Bonchev–Trinajstić information content (AvgIpc) is 2.53. The van der Waals surface area contributed by atoms with Crippen LogP contribution in [0, 0.1) is 10.1 Å². The van der Waals surface area contributed by atoms with Gasteiger partial charge in [-0.2, -0.15) is 0 Å². The van der Waals surface area contributed by atoms with E-state index in [9.17, 15) is 10.1 Å². The summed E-state index contributed by atoms with van der Waals surface area (Å²) >= 11 is 0. The molecule has 1 heterocycles. The van der Waals surface area contributed by atoms with Gasteiger partial charge in [-0.15, -0.1) is 0 Å². The number of hydrogen-bond acceptors (Lipinski definition) is 5. The van der Waals surface area contributed by atoms with E-state index < -0.39 is 4.92 Å². The molecule has 0 unspecified atom stereocenters. The highest BCUT2D eigenvalue weighted by Crippen LogP contribution is 2.29. The van der Waals surface area contributed by atoms with Crippen molar-refractivity contribution < 1.29 is 9.66 Å². The zero-order valence-corrected chi connectivity index (χ0v) is 9.21. The van der Waals surface area contributed by atoms with E-state index in [1.807, 2.05) is 0 Å². The van der Waals surface area contributed by atoms with Crippen molar-refractivity contribution in [1.29, 1.82) is 0 Å². The van der Waals surface area contributed by atoms with Gasteiger partial charge in [0.1, 0.15) is 0 Å². The summed E-state index contributed by atoms with van der Waals surface area (Å²) in [6.07, 6.45) is 3.45. The lowest BCUT2D eigenvalue weighted by Gasteiger charge is -2.34. The molecule has 7 nitrogen and oxygen atoms in total. The summed E-state index contributed by atoms with van der Waals surface area (Å²) in [6, 6.07) is 0.235. The quantitative estimate of drug-likeness (QED) is 0.609. The lowest BCUT2D eigenvalue weighted by molar-refractivity contribution is -0.388. The highest BCUT2D eigenvalue weighted by atomic mass is 16.6. The van der Waals surface area contributed by atoms with E-state index in [0.29, 0.717) is 5.82 Å². The largest absolute Gasteiger partial charge is 0.406 e. The van der Waals surface area contributed by atoms with Crippen molar-refractivity contribution in [3.8, 4) is 0 Å². The third-order valence-electron chi connectivity index (χ3n) is 2.86. The topological polar surface area (TPSA) is 82.2 Å². The van der Waals surface area contributed by atoms with Crippen LogP contribution in [0.15, 0.2) is 6.33 Å². The molecule has 0 amide bonds. The van der Waals surface area contributed by atoms with Gasteiger partial charge in [0.15, 0.2) is 0 Å². The molecule has 88 valence electrons. The number of nitrogens with zero attached hydrogens (tertiary/aromatic N) is 3. The van der Waals surface area contributed by atoms with Crippen LogP contribution in [-0.4, -0.2) is 33.7 Å². The smallest absolute Gasteiger partial charge is 0.381 e. The molecule has 1 aliphatic rings. The first-order valence-corrected chi connectivity index (χ1v) is 5.07. The molecule has 0 radical (unpaired) electrons. The van der Waals surface area contributed by atoms with E-state index in [4.69, 9.17) is 4.74 Å². The Hall–Kier alpha value is -1.63. The Morgan fingerprint density at radius 2 is 2.38 bits per heavy atom. The Kier molecular flexibility index (Phi) is 2.78. The average molecular weight is 226 g/mol. The molecule has 1 N–H and O–H groups in total. The molecule has 0 aliphatic heterocycles. The zero-order chi connectivity index (χ0) is 11.7. The zero-order valence-electron chi connectivity index (χ0n) is 9.21. The molecule has 7 heteroatoms. The number of hydrogen-bond donors (Lipinski definition) is 1. The summed E-state index contributed by atoms with van der Waals surface area (Å²) < 4.78 is 6.77. The molecule has 1 aromatic heterocycles. The lowest BCUT2D eigenvalue weighted by atomic mass is 9.89. The molecular formula is C9H14N4O3. The number of nitro groups is 1. The molecule has 1 aromatic rings. The fourth-order valence-electron chi connectivity index (χ4n) is 1.79. The summed E-state index contributed by atoms with van der Waals surface area (Å²) in [6.45, 7) is 0. The number of ether oxygens (including phenoxy) is 1. The molecule has 0 spiro atoms. The van der Waals surface area contributed by atoms with Crippen molar-refractivity contribution in [3.05, 3.63) is 16.4 Å². The van der Waals surface area contributed by atoms with E-state index >= 15 is 0 Å². The number of rotatable bonds is 4. The van der Waals surface area contributed by atoms with Gasteiger partial charge in [-0.3, -0.25) is 4.57 Å². The van der Waals surface area contributed by atoms with Crippen LogP contribution in [0.4, 0.5) is 11.6 Å². The predicted octanol–water partition coefficient (Wildman–Crippen LogP) is 0.918. The maximum atomic E-state index is 10.7. The van der Waals surface area contributed by atoms with E-state index in [-0.39, 0.29) is 18.0 Å². The second-order valence-corrected chi connectivity index (χ2v) is 3.96. The van der Waals surface area contributed by atoms with Gasteiger partial charge in [0, 0.05) is 20.2 Å². The van der Waals surface area contributed by atoms with Crippen LogP contribution in [0.2, 0.25) is 0 Å². The third-order valence-corrected chi connectivity index (χ3v) is 2.86. The monoisotopic (exact) mass is 226 g/mol. The van der Waals surface area contributed by atoms with Gasteiger partial charge in [0.2, 0.25) is 12.1 Å². The van der Waals surface area contributed by atoms with Crippen LogP contribution in [0.1, 0.15) is 12.8 Å². The summed E-state index contributed by atoms with van der Waals surface area (Å²) in [5.74, 6) is 0.341. The Bertz CT molecular complexity index is 397. The minimum atomic E-state index is -0.477. The van der Waals surface area contributed by atoms with Gasteiger partial charge < -0.3 is 20.2 Å². The van der Waals surface area contributed by atoms with Crippen LogP contribution in [0.25, 0.3) is 0 Å². The third kappa shape index (κ3) is 1.85. The van der Waals surface area contributed by atoms with Crippen molar-refractivity contribution in [2.45, 2.75) is 25.0 Å². The highest BCUT2D eigenvalue weighted by molar-refractivity contribution is 5.53. The maximum absolute atomic E-state index is 10.7. The van der Waals surface area contributed by atoms with Gasteiger partial charge in [0.25, 0.3) is 0 Å². The standard InChI is InChI=1S/C9H14N4O3/c1-12-5-10-8(13(14)15)9(12)11-6-3-7(4-6)16-2/h5-7,11H,3-4H2,1-2H3. The van der Waals surface area contributed by atoms with Crippen LogP contribution in [0.5, 0.6) is 0 Å². The predicted molar refractivity (Wildman–Crippen MR) is 57.3 cm³/mol. The van der Waals surface area contributed by atoms with Gasteiger partial charge in [-0.25, -0.2) is 0 Å². The molecule has 2 rings (SSSR count). The molecule has 1 aliphatic carbocycles. The molecule has 0 bridgehead atoms. The first-order chi connectivity index (χ1) is 7.61. The molecule has 1 fully saturated rings. The summed E-state index contributed by atoms with van der Waals surface area (Å²) in [4.78, 5) is 14.0. The van der Waals surface area contributed by atoms with Crippen LogP contribution in [-0.2, 0) is 11.8 Å². The maximum Gasteiger partial charge on any atom is 0.406 e. The molecule has 0 atom stereocenters. The van der Waals surface area contributed by atoms with E-state index in [1.54, 1.807) is 18.7 Å². The Balaban J connectivity index is 2.04. The number of anilines is 1. The number of nitrogens with one attached hydrogen (secondary N) is 1. The SMILES string of the molecule is COC1CC(Nc2c([N+](=O)[O-])ncn2C)C1. The van der Waals surface area contributed by atoms with Crippen molar-refractivity contribution in [2.24, 2.45) is 7.05 Å². The van der Waals surface area contributed by atoms with E-state index in [1.165, 1.54) is 6.33 Å². The minimum absolute atomic E-state index is 0.122. The number of aryl methyl sites for hydroxylation is 1. The Morgan fingerprint density at radius 1 is 1.69 bits per heavy atom. The molecule has 1 saturated carbocycles. The molecule has 16 heavy (non-hydrogen) atoms. The van der Waals surface area contributed by atoms with Crippen molar-refractivity contribution in [2.75, 3.05) is 12.4 Å². The van der Waals surface area contributed by atoms with Gasteiger partial charge >= 0.3 is 5.82 Å². The van der Waals surface area contributed by atoms with E-state index in [0.717, 1.165) is 12.8 Å². The fourth-order valence-corrected chi connectivity index (χ4v) is 1.79. The first-order valence-electron chi connectivity index (χ1n) is 5.07. The second-order valence-electron chi connectivity index (χ2n) is 3.96. The van der Waals surface area contributed by atoms with Gasteiger partial charge in [-0.05, 0) is 22.7 Å². The van der Waals surface area contributed by atoms with Crippen LogP contribution in [0.3, 0.4) is 0 Å². The van der Waals surface area contributed by atoms with Gasteiger partial charge in [0.05, 0.1) is 6.10 Å². The summed E-state index contributed by atoms with van der Waals surface area (Å²) in [7, 11) is 3.40. The highest BCUT2D eigenvalue weighted by Gasteiger charge is 2.32. The Labute approximate surface area is 92.6 Å². The fraction of sp³-hybridized carbons (Fsp3) is 0.667. The van der Waals surface area contributed by atoms with Crippen molar-refractivity contribution in [3.63, 3.8) is 0 Å². The number of imidazole rings is 1. The lowest BCUT2D eigenvalue weighted by Crippen LogP contribution is -2.40.